The van der Waals surface area contributed by atoms with Gasteiger partial charge in [0.2, 0.25) is 5.91 Å². The third kappa shape index (κ3) is 3.33. The van der Waals surface area contributed by atoms with Crippen LogP contribution in [0, 0.1) is 12.8 Å². The Balaban J connectivity index is 1.48. The largest absolute Gasteiger partial charge is 0.372 e. The lowest BCUT2D eigenvalue weighted by atomic mass is 9.85. The molecule has 2 heterocycles. The third-order valence-electron chi connectivity index (χ3n) is 5.01. The number of amides is 1. The molecule has 1 saturated heterocycles. The molecule has 3 rings (SSSR count). The molecular formula is C16H26N4O2. The summed E-state index contributed by atoms with van der Waals surface area (Å²) >= 11 is 0. The van der Waals surface area contributed by atoms with Crippen molar-refractivity contribution in [3.05, 3.63) is 17.5 Å². The predicted molar refractivity (Wildman–Crippen MR) is 83.4 cm³/mol. The van der Waals surface area contributed by atoms with Crippen LogP contribution >= 0.6 is 0 Å². The van der Waals surface area contributed by atoms with Gasteiger partial charge in [0.1, 0.15) is 6.10 Å². The fraction of sp³-hybridized carbons (Fsp3) is 0.750. The number of aromatic nitrogens is 2. The highest BCUT2D eigenvalue weighted by Gasteiger charge is 2.32. The van der Waals surface area contributed by atoms with Crippen molar-refractivity contribution in [2.45, 2.75) is 44.8 Å². The van der Waals surface area contributed by atoms with E-state index in [1.54, 1.807) is 0 Å². The number of ether oxygens (including phenoxy) is 1. The van der Waals surface area contributed by atoms with Crippen molar-refractivity contribution in [3.8, 4) is 0 Å². The zero-order valence-electron chi connectivity index (χ0n) is 13.5. The number of nitrogens with one attached hydrogen (secondary N) is 2. The molecule has 1 aromatic heterocycles. The molecule has 2 fully saturated rings. The van der Waals surface area contributed by atoms with E-state index in [-0.39, 0.29) is 18.1 Å². The summed E-state index contributed by atoms with van der Waals surface area (Å²) in [6.07, 6.45) is 6.61. The summed E-state index contributed by atoms with van der Waals surface area (Å²) in [5.41, 5.74) is 2.24. The summed E-state index contributed by atoms with van der Waals surface area (Å²) in [6, 6.07) is 0.178. The number of nitrogens with zero attached hydrogens (tertiary/aromatic N) is 2. The van der Waals surface area contributed by atoms with E-state index in [0.717, 1.165) is 30.8 Å². The standard InChI is InChI=1S/C16H26N4O2/c1-11-13(9-19-20(11)2)16-14(6-7-22-16)17-10-15(21)18-8-12-4-3-5-12/h9,12,14,16-17H,3-8,10H2,1-2H3,(H,18,21)/t14-,16+/m0/s1. The normalized spacial score (nSPS) is 25.2. The van der Waals surface area contributed by atoms with Crippen LogP contribution in [0.15, 0.2) is 6.20 Å². The monoisotopic (exact) mass is 306 g/mol. The van der Waals surface area contributed by atoms with Crippen LogP contribution in [0.25, 0.3) is 0 Å². The molecule has 2 aliphatic rings. The van der Waals surface area contributed by atoms with Gasteiger partial charge in [0, 0.05) is 37.5 Å². The molecule has 6 heteroatoms. The SMILES string of the molecule is Cc1c([C@H]2OCC[C@@H]2NCC(=O)NCC2CCC2)cnn1C. The lowest BCUT2D eigenvalue weighted by Crippen LogP contribution is -2.42. The summed E-state index contributed by atoms with van der Waals surface area (Å²) in [5, 5.41) is 10.7. The molecule has 122 valence electrons. The highest BCUT2D eigenvalue weighted by Crippen LogP contribution is 2.30. The van der Waals surface area contributed by atoms with Crippen molar-refractivity contribution in [1.82, 2.24) is 20.4 Å². The van der Waals surface area contributed by atoms with Crippen LogP contribution in [0.5, 0.6) is 0 Å². The van der Waals surface area contributed by atoms with Crippen LogP contribution in [0.3, 0.4) is 0 Å². The molecular weight excluding hydrogens is 280 g/mol. The van der Waals surface area contributed by atoms with Gasteiger partial charge in [0.05, 0.1) is 12.7 Å². The Kier molecular flexibility index (Phi) is 4.78. The van der Waals surface area contributed by atoms with E-state index in [2.05, 4.69) is 15.7 Å². The van der Waals surface area contributed by atoms with E-state index in [1.807, 2.05) is 24.9 Å². The fourth-order valence-corrected chi connectivity index (χ4v) is 3.14. The topological polar surface area (TPSA) is 68.2 Å². The van der Waals surface area contributed by atoms with Crippen LogP contribution < -0.4 is 10.6 Å². The van der Waals surface area contributed by atoms with E-state index in [4.69, 9.17) is 4.74 Å². The fourth-order valence-electron chi connectivity index (χ4n) is 3.14. The second-order valence-electron chi connectivity index (χ2n) is 6.48. The first kappa shape index (κ1) is 15.5. The molecule has 0 spiro atoms. The minimum Gasteiger partial charge on any atom is -0.372 e. The molecule has 22 heavy (non-hydrogen) atoms. The van der Waals surface area contributed by atoms with Crippen molar-refractivity contribution >= 4 is 5.91 Å². The number of carbonyl (C=O) groups excluding carboxylic acids is 1. The molecule has 1 aromatic rings. The third-order valence-corrected chi connectivity index (χ3v) is 5.01. The lowest BCUT2D eigenvalue weighted by Gasteiger charge is -2.25. The highest BCUT2D eigenvalue weighted by atomic mass is 16.5. The van der Waals surface area contributed by atoms with Crippen molar-refractivity contribution in [2.75, 3.05) is 19.7 Å². The highest BCUT2D eigenvalue weighted by molar-refractivity contribution is 5.78. The van der Waals surface area contributed by atoms with Crippen molar-refractivity contribution in [3.63, 3.8) is 0 Å². The molecule has 6 nitrogen and oxygen atoms in total. The van der Waals surface area contributed by atoms with Crippen LogP contribution in [0.4, 0.5) is 0 Å². The summed E-state index contributed by atoms with van der Waals surface area (Å²) in [4.78, 5) is 11.9. The van der Waals surface area contributed by atoms with Gasteiger partial charge in [-0.05, 0) is 32.1 Å². The van der Waals surface area contributed by atoms with Crippen LogP contribution in [-0.2, 0) is 16.6 Å². The summed E-state index contributed by atoms with van der Waals surface area (Å²) in [7, 11) is 1.93. The van der Waals surface area contributed by atoms with Crippen LogP contribution in [0.1, 0.15) is 43.0 Å². The van der Waals surface area contributed by atoms with Gasteiger partial charge in [-0.15, -0.1) is 0 Å². The maximum atomic E-state index is 11.9. The molecule has 0 unspecified atom stereocenters. The zero-order chi connectivity index (χ0) is 15.5. The molecule has 0 bridgehead atoms. The van der Waals surface area contributed by atoms with Crippen LogP contribution in [0.2, 0.25) is 0 Å². The minimum absolute atomic E-state index is 0.00636. The summed E-state index contributed by atoms with van der Waals surface area (Å²) < 4.78 is 7.72. The van der Waals surface area contributed by atoms with Gasteiger partial charge in [0.15, 0.2) is 0 Å². The van der Waals surface area contributed by atoms with E-state index in [0.29, 0.717) is 12.5 Å². The van der Waals surface area contributed by atoms with Crippen molar-refractivity contribution in [2.24, 2.45) is 13.0 Å². The number of aryl methyl sites for hydroxylation is 1. The second-order valence-corrected chi connectivity index (χ2v) is 6.48. The molecule has 1 aliphatic carbocycles. The number of hydrogen-bond acceptors (Lipinski definition) is 4. The Bertz CT molecular complexity index is 524. The van der Waals surface area contributed by atoms with E-state index < -0.39 is 0 Å². The zero-order valence-corrected chi connectivity index (χ0v) is 13.5. The van der Waals surface area contributed by atoms with Gasteiger partial charge in [-0.3, -0.25) is 9.48 Å². The minimum atomic E-state index is -0.00636. The molecule has 0 radical (unpaired) electrons. The maximum Gasteiger partial charge on any atom is 0.233 e. The van der Waals surface area contributed by atoms with Gasteiger partial charge >= 0.3 is 0 Å². The van der Waals surface area contributed by atoms with Gasteiger partial charge in [-0.1, -0.05) is 6.42 Å². The Morgan fingerprint density at radius 3 is 2.91 bits per heavy atom. The van der Waals surface area contributed by atoms with Gasteiger partial charge < -0.3 is 15.4 Å². The summed E-state index contributed by atoms with van der Waals surface area (Å²) in [6.45, 7) is 3.95. The van der Waals surface area contributed by atoms with Crippen LogP contribution in [-0.4, -0.2) is 41.4 Å². The first-order valence-electron chi connectivity index (χ1n) is 8.25. The average Bonchev–Trinajstić information content (AvgIpc) is 3.03. The van der Waals surface area contributed by atoms with Gasteiger partial charge in [0.25, 0.3) is 0 Å². The first-order valence-corrected chi connectivity index (χ1v) is 8.25. The van der Waals surface area contributed by atoms with E-state index >= 15 is 0 Å². The maximum absolute atomic E-state index is 11.9. The van der Waals surface area contributed by atoms with Crippen molar-refractivity contribution < 1.29 is 9.53 Å². The molecule has 2 atom stereocenters. The van der Waals surface area contributed by atoms with Gasteiger partial charge in [-0.2, -0.15) is 5.10 Å². The second kappa shape index (κ2) is 6.79. The average molecular weight is 306 g/mol. The number of rotatable bonds is 6. The molecule has 1 amide bonds. The van der Waals surface area contributed by atoms with E-state index in [9.17, 15) is 4.79 Å². The van der Waals surface area contributed by atoms with E-state index in [1.165, 1.54) is 19.3 Å². The first-order chi connectivity index (χ1) is 10.6. The molecule has 1 saturated carbocycles. The Morgan fingerprint density at radius 1 is 1.45 bits per heavy atom. The number of carbonyl (C=O) groups is 1. The predicted octanol–water partition coefficient (Wildman–Crippen LogP) is 1.06. The Hall–Kier alpha value is -1.40. The quantitative estimate of drug-likeness (QED) is 0.825. The molecule has 2 N–H and O–H groups in total. The Morgan fingerprint density at radius 2 is 2.27 bits per heavy atom. The van der Waals surface area contributed by atoms with Gasteiger partial charge in [-0.25, -0.2) is 0 Å². The molecule has 0 aromatic carbocycles. The smallest absolute Gasteiger partial charge is 0.233 e. The Labute approximate surface area is 131 Å². The van der Waals surface area contributed by atoms with Crippen molar-refractivity contribution in [1.29, 1.82) is 0 Å². The molecule has 1 aliphatic heterocycles. The summed E-state index contributed by atoms with van der Waals surface area (Å²) in [5.74, 6) is 0.782. The number of hydrogen-bond donors (Lipinski definition) is 2. The lowest BCUT2D eigenvalue weighted by molar-refractivity contribution is -0.120.